The molecule has 2 N–H and O–H groups in total. The van der Waals surface area contributed by atoms with Crippen molar-refractivity contribution in [2.45, 2.75) is 0 Å². The minimum Gasteiger partial charge on any atom is -0.380 e. The van der Waals surface area contributed by atoms with E-state index in [-0.39, 0.29) is 11.4 Å². The summed E-state index contributed by atoms with van der Waals surface area (Å²) in [6.45, 7) is 0. The summed E-state index contributed by atoms with van der Waals surface area (Å²) in [5, 5.41) is 4.06. The summed E-state index contributed by atoms with van der Waals surface area (Å²) in [5.74, 6) is 0.0363. The van der Waals surface area contributed by atoms with E-state index in [0.717, 1.165) is 5.56 Å². The maximum absolute atomic E-state index is 14.0. The predicted molar refractivity (Wildman–Crippen MR) is 76.8 cm³/mol. The van der Waals surface area contributed by atoms with Crippen LogP contribution in [0.3, 0.4) is 0 Å². The second-order valence-corrected chi connectivity index (χ2v) is 4.70. The zero-order valence-electron chi connectivity index (χ0n) is 10.3. The van der Waals surface area contributed by atoms with Crippen LogP contribution in [0.25, 0.3) is 22.5 Å². The number of hydrogen-bond acceptors (Lipinski definition) is 3. The summed E-state index contributed by atoms with van der Waals surface area (Å²) in [5.41, 5.74) is 7.50. The smallest absolute Gasteiger partial charge is 0.179 e. The third-order valence-electron chi connectivity index (χ3n) is 2.96. The second-order valence-electron chi connectivity index (χ2n) is 4.26. The Balaban J connectivity index is 2.21. The predicted octanol–water partition coefficient (Wildman–Crippen LogP) is 4.38. The first-order valence-electron chi connectivity index (χ1n) is 5.93. The summed E-state index contributed by atoms with van der Waals surface area (Å²) < 4.78 is 19.2. The van der Waals surface area contributed by atoms with Gasteiger partial charge in [-0.25, -0.2) is 4.39 Å². The Bertz CT molecular complexity index is 756. The molecule has 0 aliphatic rings. The van der Waals surface area contributed by atoms with Crippen molar-refractivity contribution in [1.29, 1.82) is 0 Å². The number of anilines is 1. The number of aromatic nitrogens is 1. The fourth-order valence-electron chi connectivity index (χ4n) is 2.04. The number of nitrogens with two attached hydrogens (primary N) is 1. The largest absolute Gasteiger partial charge is 0.380 e. The Morgan fingerprint density at radius 3 is 2.55 bits per heavy atom. The SMILES string of the molecule is Nc1noc(-c2ccc(Cl)cc2F)c1-c1ccccc1. The quantitative estimate of drug-likeness (QED) is 0.761. The molecule has 0 fully saturated rings. The molecule has 0 aliphatic heterocycles. The molecule has 0 bridgehead atoms. The van der Waals surface area contributed by atoms with E-state index in [4.69, 9.17) is 21.9 Å². The molecule has 0 unspecified atom stereocenters. The van der Waals surface area contributed by atoms with Crippen molar-refractivity contribution in [3.05, 3.63) is 59.4 Å². The first kappa shape index (κ1) is 12.7. The molecule has 20 heavy (non-hydrogen) atoms. The lowest BCUT2D eigenvalue weighted by Crippen LogP contribution is -1.90. The van der Waals surface area contributed by atoms with Crippen LogP contribution < -0.4 is 5.73 Å². The van der Waals surface area contributed by atoms with Crippen LogP contribution in [-0.4, -0.2) is 5.16 Å². The van der Waals surface area contributed by atoms with E-state index < -0.39 is 5.82 Å². The van der Waals surface area contributed by atoms with Crippen molar-refractivity contribution < 1.29 is 8.91 Å². The van der Waals surface area contributed by atoms with E-state index in [9.17, 15) is 4.39 Å². The summed E-state index contributed by atoms with van der Waals surface area (Å²) in [7, 11) is 0. The van der Waals surface area contributed by atoms with Crippen molar-refractivity contribution in [2.75, 3.05) is 5.73 Å². The monoisotopic (exact) mass is 288 g/mol. The number of nitrogen functional groups attached to an aromatic ring is 1. The molecule has 0 aliphatic carbocycles. The van der Waals surface area contributed by atoms with E-state index in [2.05, 4.69) is 5.16 Å². The molecule has 0 spiro atoms. The van der Waals surface area contributed by atoms with Gasteiger partial charge in [-0.15, -0.1) is 0 Å². The van der Waals surface area contributed by atoms with Gasteiger partial charge >= 0.3 is 0 Å². The van der Waals surface area contributed by atoms with E-state index in [1.165, 1.54) is 6.07 Å². The highest BCUT2D eigenvalue weighted by molar-refractivity contribution is 6.30. The number of rotatable bonds is 2. The third kappa shape index (κ3) is 2.14. The highest BCUT2D eigenvalue weighted by Crippen LogP contribution is 2.37. The summed E-state index contributed by atoms with van der Waals surface area (Å²) in [4.78, 5) is 0. The Kier molecular flexibility index (Phi) is 3.16. The first-order valence-corrected chi connectivity index (χ1v) is 6.30. The molecular formula is C15H10ClFN2O. The van der Waals surface area contributed by atoms with Gasteiger partial charge in [-0.3, -0.25) is 0 Å². The molecule has 3 nitrogen and oxygen atoms in total. The van der Waals surface area contributed by atoms with Crippen LogP contribution in [0.15, 0.2) is 53.1 Å². The van der Waals surface area contributed by atoms with Crippen molar-refractivity contribution in [3.63, 3.8) is 0 Å². The molecular weight excluding hydrogens is 279 g/mol. The second kappa shape index (κ2) is 4.98. The van der Waals surface area contributed by atoms with Gasteiger partial charge in [-0.05, 0) is 23.8 Å². The average Bonchev–Trinajstić information content (AvgIpc) is 2.81. The van der Waals surface area contributed by atoms with Gasteiger partial charge in [0.25, 0.3) is 0 Å². The zero-order valence-corrected chi connectivity index (χ0v) is 11.1. The lowest BCUT2D eigenvalue weighted by Gasteiger charge is -2.04. The van der Waals surface area contributed by atoms with Crippen LogP contribution in [-0.2, 0) is 0 Å². The Morgan fingerprint density at radius 1 is 1.10 bits per heavy atom. The molecule has 0 saturated carbocycles. The van der Waals surface area contributed by atoms with Crippen molar-refractivity contribution in [1.82, 2.24) is 5.16 Å². The highest BCUT2D eigenvalue weighted by atomic mass is 35.5. The van der Waals surface area contributed by atoms with E-state index in [0.29, 0.717) is 16.3 Å². The fourth-order valence-corrected chi connectivity index (χ4v) is 2.20. The summed E-state index contributed by atoms with van der Waals surface area (Å²) >= 11 is 5.76. The standard InChI is InChI=1S/C15H10ClFN2O/c16-10-6-7-11(12(17)8-10)14-13(15(18)19-20-14)9-4-2-1-3-5-9/h1-8H,(H2,18,19). The highest BCUT2D eigenvalue weighted by Gasteiger charge is 2.20. The molecule has 3 rings (SSSR count). The molecule has 5 heteroatoms. The molecule has 0 radical (unpaired) electrons. The summed E-state index contributed by atoms with van der Waals surface area (Å²) in [6.07, 6.45) is 0. The van der Waals surface area contributed by atoms with Gasteiger partial charge in [0.05, 0.1) is 11.1 Å². The Hall–Kier alpha value is -2.33. The fraction of sp³-hybridized carbons (Fsp3) is 0. The zero-order chi connectivity index (χ0) is 14.1. The van der Waals surface area contributed by atoms with E-state index in [1.807, 2.05) is 30.3 Å². The Morgan fingerprint density at radius 2 is 1.85 bits per heavy atom. The Labute approximate surface area is 119 Å². The van der Waals surface area contributed by atoms with Crippen LogP contribution in [0.1, 0.15) is 0 Å². The van der Waals surface area contributed by atoms with Crippen LogP contribution in [0.4, 0.5) is 10.2 Å². The lowest BCUT2D eigenvalue weighted by atomic mass is 10.0. The van der Waals surface area contributed by atoms with Crippen LogP contribution >= 0.6 is 11.6 Å². The minimum absolute atomic E-state index is 0.223. The van der Waals surface area contributed by atoms with Gasteiger partial charge in [0.15, 0.2) is 11.6 Å². The van der Waals surface area contributed by atoms with Gasteiger partial charge in [0.1, 0.15) is 5.82 Å². The molecule has 100 valence electrons. The van der Waals surface area contributed by atoms with Crippen molar-refractivity contribution in [3.8, 4) is 22.5 Å². The maximum Gasteiger partial charge on any atom is 0.179 e. The van der Waals surface area contributed by atoms with E-state index >= 15 is 0 Å². The molecule has 0 atom stereocenters. The van der Waals surface area contributed by atoms with Crippen LogP contribution in [0.5, 0.6) is 0 Å². The van der Waals surface area contributed by atoms with Crippen molar-refractivity contribution >= 4 is 17.4 Å². The lowest BCUT2D eigenvalue weighted by molar-refractivity contribution is 0.433. The average molecular weight is 289 g/mol. The molecule has 1 heterocycles. The van der Waals surface area contributed by atoms with Gasteiger partial charge < -0.3 is 10.3 Å². The molecule has 2 aromatic carbocycles. The number of nitrogens with zero attached hydrogens (tertiary/aromatic N) is 1. The van der Waals surface area contributed by atoms with Crippen LogP contribution in [0.2, 0.25) is 5.02 Å². The third-order valence-corrected chi connectivity index (χ3v) is 3.19. The number of benzene rings is 2. The minimum atomic E-state index is -0.481. The first-order chi connectivity index (χ1) is 9.66. The molecule has 0 saturated heterocycles. The maximum atomic E-state index is 14.0. The van der Waals surface area contributed by atoms with Crippen LogP contribution in [0, 0.1) is 5.82 Å². The number of hydrogen-bond donors (Lipinski definition) is 1. The molecule has 1 aromatic heterocycles. The normalized spacial score (nSPS) is 10.7. The number of halogens is 2. The van der Waals surface area contributed by atoms with E-state index in [1.54, 1.807) is 12.1 Å². The molecule has 3 aromatic rings. The van der Waals surface area contributed by atoms with Crippen molar-refractivity contribution in [2.24, 2.45) is 0 Å². The summed E-state index contributed by atoms with van der Waals surface area (Å²) in [6, 6.07) is 13.7. The molecule has 0 amide bonds. The van der Waals surface area contributed by atoms with Gasteiger partial charge in [0.2, 0.25) is 0 Å². The topological polar surface area (TPSA) is 52.0 Å². The van der Waals surface area contributed by atoms with Gasteiger partial charge in [-0.2, -0.15) is 0 Å². The van der Waals surface area contributed by atoms with Gasteiger partial charge in [-0.1, -0.05) is 47.1 Å². The van der Waals surface area contributed by atoms with Gasteiger partial charge in [0, 0.05) is 5.02 Å².